The Morgan fingerprint density at radius 3 is 2.57 bits per heavy atom. The van der Waals surface area contributed by atoms with Gasteiger partial charge in [0.2, 0.25) is 5.56 Å². The molecule has 6 nitrogen and oxygen atoms in total. The molecule has 4 N–H and O–H groups in total. The van der Waals surface area contributed by atoms with E-state index in [1.165, 1.54) is 17.7 Å². The number of benzene rings is 2. The topological polar surface area (TPSA) is 94.6 Å². The van der Waals surface area contributed by atoms with Gasteiger partial charge >= 0.3 is 0 Å². The molecule has 1 heterocycles. The summed E-state index contributed by atoms with van der Waals surface area (Å²) in [6.07, 6.45) is 3.53. The fourth-order valence-electron chi connectivity index (χ4n) is 3.43. The number of aliphatic hydroxyl groups excluding tert-OH is 1. The molecule has 0 aliphatic heterocycles. The zero-order chi connectivity index (χ0) is 21.3. The van der Waals surface area contributed by atoms with Crippen LogP contribution in [0.1, 0.15) is 42.9 Å². The number of aromatic nitrogens is 1. The Morgan fingerprint density at radius 1 is 1.00 bits per heavy atom. The highest BCUT2D eigenvalue weighted by molar-refractivity contribution is 5.87. The lowest BCUT2D eigenvalue weighted by molar-refractivity contribution is 0.176. The van der Waals surface area contributed by atoms with Gasteiger partial charge in [-0.05, 0) is 56.1 Å². The second-order valence-electron chi connectivity index (χ2n) is 7.58. The van der Waals surface area contributed by atoms with Crippen molar-refractivity contribution in [2.24, 2.45) is 0 Å². The minimum atomic E-state index is -0.720. The summed E-state index contributed by atoms with van der Waals surface area (Å²) < 4.78 is 5.73. The number of fused-ring (bicyclic) bond motifs is 1. The lowest BCUT2D eigenvalue weighted by atomic mass is 10.0. The molecule has 0 bridgehead atoms. The van der Waals surface area contributed by atoms with Crippen molar-refractivity contribution in [1.82, 2.24) is 10.3 Å². The Labute approximate surface area is 176 Å². The molecule has 0 radical (unpaired) electrons. The molecule has 1 unspecified atom stereocenters. The van der Waals surface area contributed by atoms with Crippen molar-refractivity contribution in [3.63, 3.8) is 0 Å². The molecule has 3 rings (SSSR count). The van der Waals surface area contributed by atoms with Crippen molar-refractivity contribution < 1.29 is 14.9 Å². The number of H-pyrrole nitrogens is 1. The Hall–Kier alpha value is -2.83. The van der Waals surface area contributed by atoms with Crippen LogP contribution in [0.4, 0.5) is 0 Å². The third-order valence-corrected chi connectivity index (χ3v) is 5.14. The average Bonchev–Trinajstić information content (AvgIpc) is 2.74. The summed E-state index contributed by atoms with van der Waals surface area (Å²) in [6.45, 7) is 4.02. The zero-order valence-corrected chi connectivity index (χ0v) is 17.4. The summed E-state index contributed by atoms with van der Waals surface area (Å²) in [5.41, 5.74) is 1.98. The first-order chi connectivity index (χ1) is 14.5. The number of ether oxygens (including phenoxy) is 1. The lowest BCUT2D eigenvalue weighted by Crippen LogP contribution is -2.22. The van der Waals surface area contributed by atoms with Gasteiger partial charge in [-0.2, -0.15) is 0 Å². The quantitative estimate of drug-likeness (QED) is 0.361. The normalized spacial score (nSPS) is 12.2. The highest BCUT2D eigenvalue weighted by Gasteiger charge is 2.13. The maximum absolute atomic E-state index is 11.5. The van der Waals surface area contributed by atoms with Crippen LogP contribution in [0.3, 0.4) is 0 Å². The van der Waals surface area contributed by atoms with E-state index in [4.69, 9.17) is 4.74 Å². The second kappa shape index (κ2) is 10.8. The number of hydrogen-bond donors (Lipinski definition) is 4. The molecule has 6 heteroatoms. The Morgan fingerprint density at radius 2 is 1.77 bits per heavy atom. The Kier molecular flexibility index (Phi) is 7.88. The summed E-state index contributed by atoms with van der Waals surface area (Å²) in [5.74, 6) is 0.917. The van der Waals surface area contributed by atoms with Crippen LogP contribution < -0.4 is 15.6 Å². The van der Waals surface area contributed by atoms with Crippen molar-refractivity contribution in [2.45, 2.75) is 38.7 Å². The first-order valence-corrected chi connectivity index (χ1v) is 10.5. The standard InChI is InChI=1S/C24H30N2O4/c1-17-6-8-18(9-7-17)30-15-5-3-2-4-14-25-16-22(28)19-10-12-21(27)24-20(19)11-13-23(29)26-24/h6-13,22,25,27-28H,2-5,14-16H2,1H3,(H,26,29). The maximum Gasteiger partial charge on any atom is 0.248 e. The van der Waals surface area contributed by atoms with E-state index in [1.807, 2.05) is 12.1 Å². The maximum atomic E-state index is 11.5. The Balaban J connectivity index is 1.33. The molecule has 0 spiro atoms. The largest absolute Gasteiger partial charge is 0.506 e. The first kappa shape index (κ1) is 21.9. The molecule has 0 amide bonds. The smallest absolute Gasteiger partial charge is 0.248 e. The van der Waals surface area contributed by atoms with Crippen molar-refractivity contribution in [3.8, 4) is 11.5 Å². The molecule has 3 aromatic rings. The number of phenolic OH excluding ortho intramolecular Hbond substituents is 1. The second-order valence-corrected chi connectivity index (χ2v) is 7.58. The van der Waals surface area contributed by atoms with E-state index < -0.39 is 6.10 Å². The van der Waals surface area contributed by atoms with Gasteiger partial charge in [0, 0.05) is 18.0 Å². The molecule has 0 saturated carbocycles. The van der Waals surface area contributed by atoms with Crippen molar-refractivity contribution >= 4 is 10.9 Å². The average molecular weight is 411 g/mol. The predicted octanol–water partition coefficient (Wildman–Crippen LogP) is 3.80. The number of aromatic amines is 1. The first-order valence-electron chi connectivity index (χ1n) is 10.5. The summed E-state index contributed by atoms with van der Waals surface area (Å²) in [7, 11) is 0. The molecular formula is C24H30N2O4. The summed E-state index contributed by atoms with van der Waals surface area (Å²) in [4.78, 5) is 14.1. The fourth-order valence-corrected chi connectivity index (χ4v) is 3.43. The number of phenols is 1. The van der Waals surface area contributed by atoms with Crippen LogP contribution in [-0.2, 0) is 0 Å². The van der Waals surface area contributed by atoms with Gasteiger partial charge in [0.05, 0.1) is 18.2 Å². The van der Waals surface area contributed by atoms with Crippen molar-refractivity contribution in [1.29, 1.82) is 0 Å². The number of rotatable bonds is 11. The number of pyridine rings is 1. The minimum absolute atomic E-state index is 0.00188. The highest BCUT2D eigenvalue weighted by atomic mass is 16.5. The van der Waals surface area contributed by atoms with Gasteiger partial charge in [-0.1, -0.05) is 36.6 Å². The molecule has 160 valence electrons. The monoisotopic (exact) mass is 410 g/mol. The van der Waals surface area contributed by atoms with E-state index in [1.54, 1.807) is 12.1 Å². The van der Waals surface area contributed by atoms with Gasteiger partial charge in [0.25, 0.3) is 0 Å². The van der Waals surface area contributed by atoms with Gasteiger partial charge in [-0.25, -0.2) is 0 Å². The van der Waals surface area contributed by atoms with Gasteiger partial charge in [0.15, 0.2) is 0 Å². The van der Waals surface area contributed by atoms with Gasteiger partial charge in [0.1, 0.15) is 11.5 Å². The minimum Gasteiger partial charge on any atom is -0.506 e. The van der Waals surface area contributed by atoms with E-state index in [2.05, 4.69) is 29.4 Å². The van der Waals surface area contributed by atoms with E-state index in [9.17, 15) is 15.0 Å². The van der Waals surface area contributed by atoms with Crippen molar-refractivity contribution in [3.05, 3.63) is 70.0 Å². The predicted molar refractivity (Wildman–Crippen MR) is 119 cm³/mol. The molecule has 0 saturated heterocycles. The molecule has 30 heavy (non-hydrogen) atoms. The van der Waals surface area contributed by atoms with E-state index in [-0.39, 0.29) is 11.3 Å². The SMILES string of the molecule is Cc1ccc(OCCCCCCNCC(O)c2ccc(O)c3[nH]c(=O)ccc23)cc1. The lowest BCUT2D eigenvalue weighted by Gasteiger charge is -2.15. The molecule has 0 fully saturated rings. The molecule has 0 aliphatic rings. The van der Waals surface area contributed by atoms with E-state index in [0.29, 0.717) is 23.0 Å². The van der Waals surface area contributed by atoms with Crippen LogP contribution in [0.5, 0.6) is 11.5 Å². The third-order valence-electron chi connectivity index (χ3n) is 5.14. The number of nitrogens with one attached hydrogen (secondary N) is 2. The number of aliphatic hydroxyl groups is 1. The van der Waals surface area contributed by atoms with Crippen LogP contribution in [-0.4, -0.2) is 34.9 Å². The van der Waals surface area contributed by atoms with Crippen LogP contribution in [0.15, 0.2) is 53.3 Å². The molecule has 1 atom stereocenters. The van der Waals surface area contributed by atoms with Gasteiger partial charge < -0.3 is 25.3 Å². The summed E-state index contributed by atoms with van der Waals surface area (Å²) in [5, 5.41) is 24.4. The van der Waals surface area contributed by atoms with Gasteiger partial charge in [-0.15, -0.1) is 0 Å². The van der Waals surface area contributed by atoms with E-state index in [0.717, 1.165) is 44.6 Å². The summed E-state index contributed by atoms with van der Waals surface area (Å²) >= 11 is 0. The highest BCUT2D eigenvalue weighted by Crippen LogP contribution is 2.28. The fraction of sp³-hybridized carbons (Fsp3) is 0.375. The third kappa shape index (κ3) is 6.08. The van der Waals surface area contributed by atoms with Crippen LogP contribution in [0, 0.1) is 6.92 Å². The molecule has 0 aliphatic carbocycles. The van der Waals surface area contributed by atoms with Crippen LogP contribution >= 0.6 is 0 Å². The van der Waals surface area contributed by atoms with Crippen molar-refractivity contribution in [2.75, 3.05) is 19.7 Å². The Bertz CT molecular complexity index is 998. The number of hydrogen-bond acceptors (Lipinski definition) is 5. The van der Waals surface area contributed by atoms with Gasteiger partial charge in [-0.3, -0.25) is 4.79 Å². The van der Waals surface area contributed by atoms with E-state index >= 15 is 0 Å². The van der Waals surface area contributed by atoms with Crippen LogP contribution in [0.25, 0.3) is 10.9 Å². The molecule has 1 aromatic heterocycles. The number of unbranched alkanes of at least 4 members (excludes halogenated alkanes) is 3. The van der Waals surface area contributed by atoms with Crippen LogP contribution in [0.2, 0.25) is 0 Å². The molecular weight excluding hydrogens is 380 g/mol. The molecule has 2 aromatic carbocycles. The number of aromatic hydroxyl groups is 1. The number of aryl methyl sites for hydroxylation is 1. The summed E-state index contributed by atoms with van der Waals surface area (Å²) in [6, 6.07) is 14.3. The zero-order valence-electron chi connectivity index (χ0n) is 17.4.